The van der Waals surface area contributed by atoms with Crippen LogP contribution in [0.5, 0.6) is 11.5 Å². The quantitative estimate of drug-likeness (QED) is 0.499. The van der Waals surface area contributed by atoms with Gasteiger partial charge < -0.3 is 19.3 Å². The Kier molecular flexibility index (Phi) is 8.07. The SMILES string of the molecule is CC(C)N1CCCN(C(=O)c2ccncc2)c2ccc(F)cc2CN(C(=O)Cc2ccc3c(c2)OCO3)CC1. The summed E-state index contributed by atoms with van der Waals surface area (Å²) in [6, 6.07) is 13.6. The third-order valence-corrected chi connectivity index (χ3v) is 7.23. The van der Waals surface area contributed by atoms with Gasteiger partial charge in [0, 0.05) is 62.4 Å². The summed E-state index contributed by atoms with van der Waals surface area (Å²) in [4.78, 5) is 37.1. The molecule has 0 aliphatic carbocycles. The second kappa shape index (κ2) is 11.8. The molecule has 0 N–H and O–H groups in total. The molecule has 3 heterocycles. The Morgan fingerprint density at radius 2 is 1.74 bits per heavy atom. The first-order valence-electron chi connectivity index (χ1n) is 13.3. The van der Waals surface area contributed by atoms with Gasteiger partial charge in [0.05, 0.1) is 6.42 Å². The number of aromatic nitrogens is 1. The predicted molar refractivity (Wildman–Crippen MR) is 145 cm³/mol. The van der Waals surface area contributed by atoms with Crippen molar-refractivity contribution in [3.05, 3.63) is 83.4 Å². The number of carbonyl (C=O) groups excluding carboxylic acids is 2. The van der Waals surface area contributed by atoms with Gasteiger partial charge in [-0.05, 0) is 73.9 Å². The number of nitrogens with zero attached hydrogens (tertiary/aromatic N) is 4. The Bertz CT molecular complexity index is 1330. The van der Waals surface area contributed by atoms with Crippen LogP contribution in [0.15, 0.2) is 60.9 Å². The molecule has 2 aromatic carbocycles. The molecule has 1 aromatic heterocycles. The molecule has 8 nitrogen and oxygen atoms in total. The van der Waals surface area contributed by atoms with E-state index in [2.05, 4.69) is 23.7 Å². The van der Waals surface area contributed by atoms with Crippen LogP contribution in [-0.4, -0.2) is 65.6 Å². The van der Waals surface area contributed by atoms with Crippen molar-refractivity contribution >= 4 is 17.5 Å². The maximum absolute atomic E-state index is 14.6. The third kappa shape index (κ3) is 6.20. The lowest BCUT2D eigenvalue weighted by Crippen LogP contribution is -2.41. The van der Waals surface area contributed by atoms with Gasteiger partial charge in [-0.2, -0.15) is 0 Å². The Morgan fingerprint density at radius 1 is 0.949 bits per heavy atom. The van der Waals surface area contributed by atoms with E-state index in [9.17, 15) is 14.0 Å². The van der Waals surface area contributed by atoms with Crippen LogP contribution < -0.4 is 14.4 Å². The van der Waals surface area contributed by atoms with E-state index >= 15 is 0 Å². The largest absolute Gasteiger partial charge is 0.454 e. The number of amides is 2. The Hall–Kier alpha value is -3.98. The number of anilines is 1. The van der Waals surface area contributed by atoms with Crippen LogP contribution in [0.3, 0.4) is 0 Å². The highest BCUT2D eigenvalue weighted by molar-refractivity contribution is 6.06. The molecule has 204 valence electrons. The number of benzene rings is 2. The van der Waals surface area contributed by atoms with Crippen molar-refractivity contribution < 1.29 is 23.5 Å². The average Bonchev–Trinajstić information content (AvgIpc) is 3.39. The van der Waals surface area contributed by atoms with E-state index < -0.39 is 5.82 Å². The van der Waals surface area contributed by atoms with Crippen LogP contribution in [0.1, 0.15) is 41.8 Å². The van der Waals surface area contributed by atoms with Gasteiger partial charge in [-0.3, -0.25) is 19.5 Å². The molecule has 0 atom stereocenters. The van der Waals surface area contributed by atoms with Crippen molar-refractivity contribution in [1.29, 1.82) is 0 Å². The van der Waals surface area contributed by atoms with Gasteiger partial charge in [0.15, 0.2) is 11.5 Å². The zero-order valence-electron chi connectivity index (χ0n) is 22.3. The summed E-state index contributed by atoms with van der Waals surface area (Å²) in [5, 5.41) is 0. The lowest BCUT2D eigenvalue weighted by atomic mass is 10.1. The molecule has 5 rings (SSSR count). The number of hydrogen-bond donors (Lipinski definition) is 0. The Labute approximate surface area is 227 Å². The highest BCUT2D eigenvalue weighted by atomic mass is 19.1. The molecule has 0 saturated carbocycles. The topological polar surface area (TPSA) is 75.2 Å². The van der Waals surface area contributed by atoms with E-state index in [4.69, 9.17) is 9.47 Å². The molecular weight excluding hydrogens is 499 g/mol. The molecule has 0 unspecified atom stereocenters. The molecule has 2 aliphatic heterocycles. The van der Waals surface area contributed by atoms with E-state index in [1.807, 2.05) is 18.2 Å². The molecular formula is C30H33FN4O4. The minimum atomic E-state index is -0.410. The normalized spacial score (nSPS) is 16.1. The van der Waals surface area contributed by atoms with Crippen molar-refractivity contribution in [1.82, 2.24) is 14.8 Å². The first-order chi connectivity index (χ1) is 18.9. The molecule has 0 bridgehead atoms. The maximum Gasteiger partial charge on any atom is 0.258 e. The zero-order valence-corrected chi connectivity index (χ0v) is 22.3. The predicted octanol–water partition coefficient (Wildman–Crippen LogP) is 4.28. The fourth-order valence-electron chi connectivity index (χ4n) is 5.07. The van der Waals surface area contributed by atoms with Crippen molar-refractivity contribution in [2.24, 2.45) is 0 Å². The van der Waals surface area contributed by atoms with Gasteiger partial charge in [0.1, 0.15) is 5.82 Å². The van der Waals surface area contributed by atoms with Crippen LogP contribution in [-0.2, 0) is 17.8 Å². The summed E-state index contributed by atoms with van der Waals surface area (Å²) in [5.41, 5.74) is 2.52. The zero-order chi connectivity index (χ0) is 27.4. The highest BCUT2D eigenvalue weighted by Crippen LogP contribution is 2.33. The van der Waals surface area contributed by atoms with Gasteiger partial charge in [-0.15, -0.1) is 0 Å². The van der Waals surface area contributed by atoms with E-state index in [0.717, 1.165) is 18.5 Å². The molecule has 0 fully saturated rings. The standard InChI is InChI=1S/C30H33FN4O4/c1-21(2)33-12-3-13-35(30(37)23-8-10-32-11-9-23)26-6-5-25(31)18-24(26)19-34(15-14-33)29(36)17-22-4-7-27-28(16-22)39-20-38-27/h4-11,16,18,21H,3,12-15,17,19-20H2,1-2H3. The van der Waals surface area contributed by atoms with Crippen molar-refractivity contribution in [3.8, 4) is 11.5 Å². The number of fused-ring (bicyclic) bond motifs is 2. The minimum Gasteiger partial charge on any atom is -0.454 e. The average molecular weight is 533 g/mol. The Balaban J connectivity index is 1.48. The van der Waals surface area contributed by atoms with Crippen molar-refractivity contribution in [2.45, 2.75) is 39.3 Å². The van der Waals surface area contributed by atoms with Gasteiger partial charge in [-0.25, -0.2) is 4.39 Å². The number of carbonyl (C=O) groups is 2. The van der Waals surface area contributed by atoms with Crippen LogP contribution >= 0.6 is 0 Å². The van der Waals surface area contributed by atoms with Gasteiger partial charge in [0.2, 0.25) is 12.7 Å². The third-order valence-electron chi connectivity index (χ3n) is 7.23. The number of pyridine rings is 1. The highest BCUT2D eigenvalue weighted by Gasteiger charge is 2.26. The second-order valence-electron chi connectivity index (χ2n) is 10.1. The van der Waals surface area contributed by atoms with Crippen LogP contribution in [0.25, 0.3) is 0 Å². The fraction of sp³-hybridized carbons (Fsp3) is 0.367. The summed E-state index contributed by atoms with van der Waals surface area (Å²) < 4.78 is 25.4. The van der Waals surface area contributed by atoms with Gasteiger partial charge in [0.25, 0.3) is 5.91 Å². The lowest BCUT2D eigenvalue weighted by Gasteiger charge is -2.30. The van der Waals surface area contributed by atoms with Crippen LogP contribution in [0.2, 0.25) is 0 Å². The van der Waals surface area contributed by atoms with Crippen LogP contribution in [0, 0.1) is 5.82 Å². The summed E-state index contributed by atoms with van der Waals surface area (Å²) in [7, 11) is 0. The summed E-state index contributed by atoms with van der Waals surface area (Å²) in [6.07, 6.45) is 4.07. The van der Waals surface area contributed by atoms with Crippen LogP contribution in [0.4, 0.5) is 10.1 Å². The van der Waals surface area contributed by atoms with E-state index in [0.29, 0.717) is 47.9 Å². The molecule has 0 radical (unpaired) electrons. The molecule has 39 heavy (non-hydrogen) atoms. The smallest absolute Gasteiger partial charge is 0.258 e. The van der Waals surface area contributed by atoms with E-state index in [1.54, 1.807) is 40.4 Å². The molecule has 2 amide bonds. The first kappa shape index (κ1) is 26.6. The number of rotatable bonds is 4. The molecule has 0 spiro atoms. The molecule has 3 aromatic rings. The second-order valence-corrected chi connectivity index (χ2v) is 10.1. The number of ether oxygens (including phenoxy) is 2. The van der Waals surface area contributed by atoms with Crippen molar-refractivity contribution in [2.75, 3.05) is 37.9 Å². The minimum absolute atomic E-state index is 0.0842. The Morgan fingerprint density at radius 3 is 2.54 bits per heavy atom. The van der Waals surface area contributed by atoms with E-state index in [1.165, 1.54) is 12.1 Å². The molecule has 9 heteroatoms. The number of halogens is 1. The first-order valence-corrected chi connectivity index (χ1v) is 13.3. The van der Waals surface area contributed by atoms with E-state index in [-0.39, 0.29) is 37.6 Å². The van der Waals surface area contributed by atoms with Gasteiger partial charge in [-0.1, -0.05) is 6.07 Å². The van der Waals surface area contributed by atoms with Gasteiger partial charge >= 0.3 is 0 Å². The summed E-state index contributed by atoms with van der Waals surface area (Å²) >= 11 is 0. The van der Waals surface area contributed by atoms with Crippen molar-refractivity contribution in [3.63, 3.8) is 0 Å². The maximum atomic E-state index is 14.6. The fourth-order valence-corrected chi connectivity index (χ4v) is 5.07. The molecule has 0 saturated heterocycles. The monoisotopic (exact) mass is 532 g/mol. The lowest BCUT2D eigenvalue weighted by molar-refractivity contribution is -0.131. The summed E-state index contributed by atoms with van der Waals surface area (Å²) in [5.74, 6) is 0.614. The summed E-state index contributed by atoms with van der Waals surface area (Å²) in [6.45, 7) is 6.99. The number of hydrogen-bond acceptors (Lipinski definition) is 6. The molecule has 2 aliphatic rings.